The number of hydrogen-bond acceptors (Lipinski definition) is 4. The number of nitrogens with zero attached hydrogens (tertiary/aromatic N) is 2. The number of anilines is 1. The molecule has 11 heavy (non-hydrogen) atoms. The molecule has 1 aliphatic heterocycles. The monoisotopic (exact) mass is 169 g/mol. The van der Waals surface area contributed by atoms with Crippen molar-refractivity contribution < 1.29 is 4.79 Å². The summed E-state index contributed by atoms with van der Waals surface area (Å²) in [7, 11) is 0. The Balaban J connectivity index is 2.16. The minimum atomic E-state index is -0.307. The normalized spacial score (nSPS) is 23.5. The summed E-state index contributed by atoms with van der Waals surface area (Å²) in [5.41, 5.74) is 5.40. The summed E-state index contributed by atoms with van der Waals surface area (Å²) in [6.45, 7) is 0.604. The van der Waals surface area contributed by atoms with Crippen LogP contribution < -0.4 is 10.6 Å². The van der Waals surface area contributed by atoms with E-state index in [-0.39, 0.29) is 11.9 Å². The van der Waals surface area contributed by atoms with Gasteiger partial charge in [-0.3, -0.25) is 9.69 Å². The number of hydrogen-bond donors (Lipinski definition) is 1. The average molecular weight is 169 g/mol. The van der Waals surface area contributed by atoms with E-state index in [0.717, 1.165) is 5.13 Å². The van der Waals surface area contributed by atoms with Crippen molar-refractivity contribution in [1.82, 2.24) is 4.98 Å². The Morgan fingerprint density at radius 2 is 2.64 bits per heavy atom. The van der Waals surface area contributed by atoms with Gasteiger partial charge in [0.25, 0.3) is 0 Å². The Kier molecular flexibility index (Phi) is 1.40. The Bertz CT molecular complexity index is 271. The number of carbonyl (C=O) groups is 1. The van der Waals surface area contributed by atoms with Gasteiger partial charge in [0.05, 0.1) is 6.54 Å². The summed E-state index contributed by atoms with van der Waals surface area (Å²) in [5, 5.41) is 2.59. The predicted molar refractivity (Wildman–Crippen MR) is 42.4 cm³/mol. The van der Waals surface area contributed by atoms with Crippen molar-refractivity contribution in [3.8, 4) is 0 Å². The molecule has 58 valence electrons. The van der Waals surface area contributed by atoms with Gasteiger partial charge in [-0.1, -0.05) is 0 Å². The Morgan fingerprint density at radius 3 is 3.09 bits per heavy atom. The van der Waals surface area contributed by atoms with Crippen LogP contribution in [0.4, 0.5) is 5.13 Å². The molecule has 2 N–H and O–H groups in total. The van der Waals surface area contributed by atoms with Gasteiger partial charge in [-0.15, -0.1) is 11.3 Å². The summed E-state index contributed by atoms with van der Waals surface area (Å²) in [6, 6.07) is -0.307. The van der Waals surface area contributed by atoms with E-state index >= 15 is 0 Å². The lowest BCUT2D eigenvalue weighted by Crippen LogP contribution is -2.61. The highest BCUT2D eigenvalue weighted by Crippen LogP contribution is 2.22. The second-order valence-electron chi connectivity index (χ2n) is 2.37. The minimum Gasteiger partial charge on any atom is -0.318 e. The lowest BCUT2D eigenvalue weighted by Gasteiger charge is -2.33. The zero-order valence-corrected chi connectivity index (χ0v) is 6.54. The molecular weight excluding hydrogens is 162 g/mol. The Morgan fingerprint density at radius 1 is 1.82 bits per heavy atom. The van der Waals surface area contributed by atoms with Gasteiger partial charge in [0.2, 0.25) is 5.91 Å². The molecule has 1 saturated heterocycles. The van der Waals surface area contributed by atoms with E-state index in [1.165, 1.54) is 11.3 Å². The third kappa shape index (κ3) is 0.928. The molecular formula is C6H7N3OS. The first-order valence-electron chi connectivity index (χ1n) is 3.25. The zero-order valence-electron chi connectivity index (χ0n) is 5.73. The zero-order chi connectivity index (χ0) is 7.84. The molecule has 2 rings (SSSR count). The molecule has 1 aromatic rings. The van der Waals surface area contributed by atoms with Crippen LogP contribution in [-0.4, -0.2) is 23.5 Å². The lowest BCUT2D eigenvalue weighted by atomic mass is 10.1. The number of aromatic nitrogens is 1. The van der Waals surface area contributed by atoms with Gasteiger partial charge in [0.15, 0.2) is 5.13 Å². The fourth-order valence-electron chi connectivity index (χ4n) is 0.974. The molecule has 0 radical (unpaired) electrons. The van der Waals surface area contributed by atoms with Crippen molar-refractivity contribution in [2.45, 2.75) is 6.04 Å². The van der Waals surface area contributed by atoms with E-state index in [4.69, 9.17) is 5.73 Å². The summed E-state index contributed by atoms with van der Waals surface area (Å²) >= 11 is 1.45. The second kappa shape index (κ2) is 2.28. The third-order valence-electron chi connectivity index (χ3n) is 1.61. The van der Waals surface area contributed by atoms with Crippen LogP contribution >= 0.6 is 11.3 Å². The van der Waals surface area contributed by atoms with Crippen molar-refractivity contribution in [1.29, 1.82) is 0 Å². The Hall–Kier alpha value is -0.940. The molecule has 1 unspecified atom stereocenters. The predicted octanol–water partition coefficient (Wildman–Crippen LogP) is -0.183. The summed E-state index contributed by atoms with van der Waals surface area (Å²) in [4.78, 5) is 16.6. The lowest BCUT2D eigenvalue weighted by molar-refractivity contribution is -0.123. The van der Waals surface area contributed by atoms with E-state index in [1.807, 2.05) is 5.38 Å². The SMILES string of the molecule is NC1CN(c2nccs2)C1=O. The van der Waals surface area contributed by atoms with Crippen molar-refractivity contribution in [3.05, 3.63) is 11.6 Å². The van der Waals surface area contributed by atoms with Gasteiger partial charge in [0.1, 0.15) is 6.04 Å². The minimum absolute atomic E-state index is 0.0278. The molecule has 0 aromatic carbocycles. The van der Waals surface area contributed by atoms with Gasteiger partial charge in [0, 0.05) is 11.6 Å². The van der Waals surface area contributed by atoms with Crippen molar-refractivity contribution in [3.63, 3.8) is 0 Å². The molecule has 1 aliphatic rings. The molecule has 0 aliphatic carbocycles. The highest BCUT2D eigenvalue weighted by atomic mass is 32.1. The molecule has 0 saturated carbocycles. The van der Waals surface area contributed by atoms with Gasteiger partial charge in [-0.2, -0.15) is 0 Å². The number of nitrogens with two attached hydrogens (primary N) is 1. The number of carbonyl (C=O) groups excluding carboxylic acids is 1. The van der Waals surface area contributed by atoms with Crippen LogP contribution in [0.5, 0.6) is 0 Å². The first kappa shape index (κ1) is 6.75. The van der Waals surface area contributed by atoms with Crippen LogP contribution in [0.3, 0.4) is 0 Å². The van der Waals surface area contributed by atoms with Crippen LogP contribution in [0, 0.1) is 0 Å². The molecule has 4 nitrogen and oxygen atoms in total. The topological polar surface area (TPSA) is 59.2 Å². The number of amides is 1. The van der Waals surface area contributed by atoms with E-state index in [9.17, 15) is 4.79 Å². The standard InChI is InChI=1S/C6H7N3OS/c7-4-3-9(5(4)10)6-8-1-2-11-6/h1-2,4H,3,7H2. The van der Waals surface area contributed by atoms with Crippen LogP contribution in [-0.2, 0) is 4.79 Å². The number of thiazole rings is 1. The highest BCUT2D eigenvalue weighted by molar-refractivity contribution is 7.13. The van der Waals surface area contributed by atoms with Gasteiger partial charge >= 0.3 is 0 Å². The quantitative estimate of drug-likeness (QED) is 0.593. The smallest absolute Gasteiger partial charge is 0.247 e. The van der Waals surface area contributed by atoms with Crippen LogP contribution in [0.2, 0.25) is 0 Å². The maximum Gasteiger partial charge on any atom is 0.247 e. The van der Waals surface area contributed by atoms with Crippen molar-refractivity contribution in [2.24, 2.45) is 5.73 Å². The molecule has 0 spiro atoms. The fraction of sp³-hybridized carbons (Fsp3) is 0.333. The van der Waals surface area contributed by atoms with Crippen LogP contribution in [0.15, 0.2) is 11.6 Å². The van der Waals surface area contributed by atoms with Crippen LogP contribution in [0.1, 0.15) is 0 Å². The molecule has 0 bridgehead atoms. The van der Waals surface area contributed by atoms with Gasteiger partial charge in [-0.25, -0.2) is 4.98 Å². The first-order valence-corrected chi connectivity index (χ1v) is 4.13. The maximum absolute atomic E-state index is 11.0. The maximum atomic E-state index is 11.0. The molecule has 1 amide bonds. The van der Waals surface area contributed by atoms with Crippen molar-refractivity contribution in [2.75, 3.05) is 11.4 Å². The van der Waals surface area contributed by atoms with Crippen LogP contribution in [0.25, 0.3) is 0 Å². The Labute approximate surface area is 67.6 Å². The van der Waals surface area contributed by atoms with E-state index < -0.39 is 0 Å². The average Bonchev–Trinajstić information content (AvgIpc) is 2.51. The molecule has 2 heterocycles. The molecule has 5 heteroatoms. The van der Waals surface area contributed by atoms with E-state index in [1.54, 1.807) is 11.1 Å². The summed E-state index contributed by atoms with van der Waals surface area (Å²) in [6.07, 6.45) is 1.68. The molecule has 1 atom stereocenters. The second-order valence-corrected chi connectivity index (χ2v) is 3.24. The summed E-state index contributed by atoms with van der Waals surface area (Å²) in [5.74, 6) is -0.0278. The highest BCUT2D eigenvalue weighted by Gasteiger charge is 2.35. The molecule has 1 aromatic heterocycles. The van der Waals surface area contributed by atoms with E-state index in [2.05, 4.69) is 4.98 Å². The third-order valence-corrected chi connectivity index (χ3v) is 2.41. The largest absolute Gasteiger partial charge is 0.318 e. The van der Waals surface area contributed by atoms with Gasteiger partial charge in [-0.05, 0) is 0 Å². The number of β-lactam (4-membered cyclic amide) rings is 1. The number of rotatable bonds is 1. The van der Waals surface area contributed by atoms with E-state index in [0.29, 0.717) is 6.54 Å². The van der Waals surface area contributed by atoms with Crippen molar-refractivity contribution >= 4 is 22.4 Å². The molecule has 1 fully saturated rings. The van der Waals surface area contributed by atoms with Gasteiger partial charge < -0.3 is 5.73 Å². The fourth-order valence-corrected chi connectivity index (χ4v) is 1.63. The summed E-state index contributed by atoms with van der Waals surface area (Å²) < 4.78 is 0. The first-order chi connectivity index (χ1) is 5.29.